The minimum atomic E-state index is -0.983. The van der Waals surface area contributed by atoms with Gasteiger partial charge in [-0.3, -0.25) is 9.59 Å². The molecule has 1 aromatic carbocycles. The molecule has 24 heavy (non-hydrogen) atoms. The Morgan fingerprint density at radius 1 is 1.33 bits per heavy atom. The van der Waals surface area contributed by atoms with Crippen molar-refractivity contribution in [1.29, 1.82) is 0 Å². The summed E-state index contributed by atoms with van der Waals surface area (Å²) in [5, 5.41) is 6.17. The summed E-state index contributed by atoms with van der Waals surface area (Å²) >= 11 is 12.0. The van der Waals surface area contributed by atoms with Crippen LogP contribution < -0.4 is 10.6 Å². The second-order valence-electron chi connectivity index (χ2n) is 5.63. The predicted octanol–water partition coefficient (Wildman–Crippen LogP) is 2.38. The zero-order valence-corrected chi connectivity index (χ0v) is 14.8. The number of amides is 2. The number of esters is 1. The first kappa shape index (κ1) is 18.5. The zero-order chi connectivity index (χ0) is 17.9. The minimum absolute atomic E-state index is 0.194. The number of rotatable bonds is 5. The van der Waals surface area contributed by atoms with E-state index >= 15 is 0 Å². The topological polar surface area (TPSA) is 84.5 Å². The molecule has 0 bridgehead atoms. The lowest BCUT2D eigenvalue weighted by atomic mass is 10.1. The van der Waals surface area contributed by atoms with Crippen LogP contribution in [0.1, 0.15) is 38.3 Å². The molecular formula is C16H18Cl2N2O4. The van der Waals surface area contributed by atoms with Crippen LogP contribution in [-0.4, -0.2) is 29.9 Å². The van der Waals surface area contributed by atoms with Crippen molar-refractivity contribution in [2.45, 2.75) is 44.9 Å². The van der Waals surface area contributed by atoms with Gasteiger partial charge in [-0.25, -0.2) is 4.79 Å². The number of hydrogen-bond donors (Lipinski definition) is 2. The van der Waals surface area contributed by atoms with Crippen LogP contribution in [0.3, 0.4) is 0 Å². The zero-order valence-electron chi connectivity index (χ0n) is 13.3. The third kappa shape index (κ3) is 4.61. The number of benzene rings is 1. The second kappa shape index (κ2) is 7.85. The van der Waals surface area contributed by atoms with Crippen molar-refractivity contribution in [2.24, 2.45) is 0 Å². The molecule has 6 nitrogen and oxygen atoms in total. The molecule has 0 saturated carbocycles. The van der Waals surface area contributed by atoms with E-state index in [9.17, 15) is 14.4 Å². The Morgan fingerprint density at radius 2 is 2.04 bits per heavy atom. The van der Waals surface area contributed by atoms with Gasteiger partial charge in [-0.15, -0.1) is 0 Å². The minimum Gasteiger partial charge on any atom is -0.451 e. The summed E-state index contributed by atoms with van der Waals surface area (Å²) in [6, 6.07) is 3.93. The molecule has 8 heteroatoms. The van der Waals surface area contributed by atoms with Crippen LogP contribution in [0.5, 0.6) is 0 Å². The smallest absolute Gasteiger partial charge is 0.329 e. The van der Waals surface area contributed by atoms with Crippen LogP contribution in [-0.2, 0) is 19.1 Å². The van der Waals surface area contributed by atoms with Crippen molar-refractivity contribution >= 4 is 41.0 Å². The number of carbonyl (C=O) groups excluding carboxylic acids is 3. The van der Waals surface area contributed by atoms with E-state index in [1.54, 1.807) is 25.1 Å². The summed E-state index contributed by atoms with van der Waals surface area (Å²) in [6.45, 7) is 3.24. The van der Waals surface area contributed by atoms with E-state index in [0.29, 0.717) is 22.0 Å². The highest BCUT2D eigenvalue weighted by Crippen LogP contribution is 2.26. The fraction of sp³-hybridized carbons (Fsp3) is 0.438. The summed E-state index contributed by atoms with van der Waals surface area (Å²) < 4.78 is 5.11. The van der Waals surface area contributed by atoms with E-state index in [1.807, 2.05) is 0 Å². The first-order valence-electron chi connectivity index (χ1n) is 7.53. The van der Waals surface area contributed by atoms with Crippen molar-refractivity contribution in [3.63, 3.8) is 0 Å². The third-order valence-corrected chi connectivity index (χ3v) is 4.29. The van der Waals surface area contributed by atoms with Gasteiger partial charge in [-0.2, -0.15) is 0 Å². The molecular weight excluding hydrogens is 355 g/mol. The van der Waals surface area contributed by atoms with Crippen LogP contribution in [0.4, 0.5) is 0 Å². The second-order valence-corrected chi connectivity index (χ2v) is 6.48. The van der Waals surface area contributed by atoms with Crippen molar-refractivity contribution < 1.29 is 19.1 Å². The van der Waals surface area contributed by atoms with Crippen molar-refractivity contribution in [2.75, 3.05) is 0 Å². The molecule has 0 aromatic heterocycles. The first-order chi connectivity index (χ1) is 11.3. The predicted molar refractivity (Wildman–Crippen MR) is 89.7 cm³/mol. The normalized spacial score (nSPS) is 19.3. The highest BCUT2D eigenvalue weighted by Gasteiger charge is 2.31. The van der Waals surface area contributed by atoms with Crippen LogP contribution in [0.2, 0.25) is 10.0 Å². The Hall–Kier alpha value is -1.79. The van der Waals surface area contributed by atoms with E-state index in [2.05, 4.69) is 10.6 Å². The van der Waals surface area contributed by atoms with E-state index in [4.69, 9.17) is 27.9 Å². The van der Waals surface area contributed by atoms with Gasteiger partial charge in [-0.05, 0) is 38.0 Å². The van der Waals surface area contributed by atoms with Gasteiger partial charge in [0, 0.05) is 16.5 Å². The number of halogens is 2. The van der Waals surface area contributed by atoms with Gasteiger partial charge in [0.25, 0.3) is 5.91 Å². The fourth-order valence-electron chi connectivity index (χ4n) is 2.36. The molecule has 0 unspecified atom stereocenters. The summed E-state index contributed by atoms with van der Waals surface area (Å²) in [4.78, 5) is 35.2. The average molecular weight is 373 g/mol. The van der Waals surface area contributed by atoms with Crippen LogP contribution in [0, 0.1) is 0 Å². The molecule has 0 aliphatic carbocycles. The first-order valence-corrected chi connectivity index (χ1v) is 8.28. The van der Waals surface area contributed by atoms with Gasteiger partial charge in [0.2, 0.25) is 5.91 Å². The van der Waals surface area contributed by atoms with Crippen molar-refractivity contribution in [1.82, 2.24) is 10.6 Å². The molecule has 1 aliphatic heterocycles. The molecule has 130 valence electrons. The lowest BCUT2D eigenvalue weighted by Gasteiger charge is -2.20. The monoisotopic (exact) mass is 372 g/mol. The average Bonchev–Trinajstić information content (AvgIpc) is 2.93. The highest BCUT2D eigenvalue weighted by molar-refractivity contribution is 6.35. The van der Waals surface area contributed by atoms with Gasteiger partial charge in [0.05, 0.1) is 6.04 Å². The summed E-state index contributed by atoms with van der Waals surface area (Å²) in [5.74, 6) is -1.26. The molecule has 1 heterocycles. The Morgan fingerprint density at radius 3 is 2.62 bits per heavy atom. The largest absolute Gasteiger partial charge is 0.451 e. The number of carbonyl (C=O) groups is 3. The molecule has 1 fully saturated rings. The SMILES string of the molecule is C[C@@H](OC(=O)[C@@H]1CCC(=O)N1)C(=O)N[C@H](C)c1ccc(Cl)cc1Cl. The van der Waals surface area contributed by atoms with Crippen molar-refractivity contribution in [3.05, 3.63) is 33.8 Å². The fourth-order valence-corrected chi connectivity index (χ4v) is 2.93. The van der Waals surface area contributed by atoms with Gasteiger partial charge >= 0.3 is 5.97 Å². The maximum atomic E-state index is 12.2. The van der Waals surface area contributed by atoms with Crippen LogP contribution in [0.15, 0.2) is 18.2 Å². The lowest BCUT2D eigenvalue weighted by molar-refractivity contribution is -0.157. The number of nitrogens with one attached hydrogen (secondary N) is 2. The van der Waals surface area contributed by atoms with E-state index in [0.717, 1.165) is 0 Å². The van der Waals surface area contributed by atoms with Gasteiger partial charge in [0.1, 0.15) is 6.04 Å². The van der Waals surface area contributed by atoms with Gasteiger partial charge < -0.3 is 15.4 Å². The quantitative estimate of drug-likeness (QED) is 0.777. The van der Waals surface area contributed by atoms with Crippen LogP contribution in [0.25, 0.3) is 0 Å². The molecule has 0 radical (unpaired) electrons. The molecule has 3 atom stereocenters. The van der Waals surface area contributed by atoms with E-state index in [-0.39, 0.29) is 18.4 Å². The third-order valence-electron chi connectivity index (χ3n) is 3.73. The maximum Gasteiger partial charge on any atom is 0.329 e. The molecule has 1 saturated heterocycles. The molecule has 0 spiro atoms. The van der Waals surface area contributed by atoms with Crippen molar-refractivity contribution in [3.8, 4) is 0 Å². The standard InChI is InChI=1S/C16H18Cl2N2O4/c1-8(11-4-3-10(17)7-12(11)18)19-15(22)9(2)24-16(23)13-5-6-14(21)20-13/h3-4,7-9,13H,5-6H2,1-2H3,(H,19,22)(H,20,21)/t8-,9-,13+/m1/s1. The Bertz CT molecular complexity index is 665. The number of hydrogen-bond acceptors (Lipinski definition) is 4. The lowest BCUT2D eigenvalue weighted by Crippen LogP contribution is -2.41. The van der Waals surface area contributed by atoms with Crippen LogP contribution >= 0.6 is 23.2 Å². The Labute approximate surface area is 149 Å². The Kier molecular flexibility index (Phi) is 6.07. The highest BCUT2D eigenvalue weighted by atomic mass is 35.5. The maximum absolute atomic E-state index is 12.2. The van der Waals surface area contributed by atoms with Gasteiger partial charge in [-0.1, -0.05) is 29.3 Å². The van der Waals surface area contributed by atoms with E-state index in [1.165, 1.54) is 6.92 Å². The molecule has 2 amide bonds. The summed E-state index contributed by atoms with van der Waals surface area (Å²) in [6.07, 6.45) is -0.321. The van der Waals surface area contributed by atoms with E-state index < -0.39 is 24.0 Å². The molecule has 1 aromatic rings. The number of ether oxygens (including phenoxy) is 1. The molecule has 2 rings (SSSR count). The molecule has 2 N–H and O–H groups in total. The summed E-state index contributed by atoms with van der Waals surface area (Å²) in [5.41, 5.74) is 0.705. The Balaban J connectivity index is 1.91. The van der Waals surface area contributed by atoms with Gasteiger partial charge in [0.15, 0.2) is 6.10 Å². The summed E-state index contributed by atoms with van der Waals surface area (Å²) in [7, 11) is 0. The molecule has 1 aliphatic rings.